The molecule has 0 bridgehead atoms. The first-order chi connectivity index (χ1) is 12.5. The molecular weight excluding hydrogens is 402 g/mol. The summed E-state index contributed by atoms with van der Waals surface area (Å²) in [6.07, 6.45) is -9.60. The third-order valence-electron chi connectivity index (χ3n) is 3.42. The Kier molecular flexibility index (Phi) is 4.50. The van der Waals surface area contributed by atoms with E-state index in [1.54, 1.807) is 6.07 Å². The molecule has 0 saturated heterocycles. The van der Waals surface area contributed by atoms with Gasteiger partial charge in [-0.1, -0.05) is 23.7 Å². The molecular formula is C15H7ClF6N4O. The Balaban J connectivity index is 2.15. The lowest BCUT2D eigenvalue weighted by Gasteiger charge is -2.13. The van der Waals surface area contributed by atoms with Gasteiger partial charge in [0.05, 0.1) is 16.9 Å². The van der Waals surface area contributed by atoms with Gasteiger partial charge in [0.1, 0.15) is 11.3 Å². The molecule has 142 valence electrons. The number of rotatable bonds is 2. The van der Waals surface area contributed by atoms with Crippen molar-refractivity contribution in [3.8, 4) is 0 Å². The lowest BCUT2D eigenvalue weighted by atomic mass is 10.2. The van der Waals surface area contributed by atoms with Crippen LogP contribution in [0.4, 0.5) is 32.0 Å². The van der Waals surface area contributed by atoms with Crippen molar-refractivity contribution in [3.05, 3.63) is 58.5 Å². The van der Waals surface area contributed by atoms with Gasteiger partial charge >= 0.3 is 12.4 Å². The maximum absolute atomic E-state index is 13.1. The van der Waals surface area contributed by atoms with Crippen LogP contribution < -0.4 is 5.32 Å². The van der Waals surface area contributed by atoms with E-state index in [1.165, 1.54) is 18.2 Å². The number of aromatic nitrogens is 3. The van der Waals surface area contributed by atoms with E-state index in [2.05, 4.69) is 15.4 Å². The number of halogens is 7. The first-order valence-electron chi connectivity index (χ1n) is 7.07. The molecule has 0 atom stereocenters. The van der Waals surface area contributed by atoms with Crippen molar-refractivity contribution in [2.45, 2.75) is 12.4 Å². The molecule has 3 rings (SSSR count). The zero-order valence-electron chi connectivity index (χ0n) is 12.9. The fourth-order valence-corrected chi connectivity index (χ4v) is 2.41. The summed E-state index contributed by atoms with van der Waals surface area (Å²) in [6, 6.07) is 5.77. The van der Waals surface area contributed by atoms with Gasteiger partial charge in [-0.05, 0) is 18.2 Å². The summed E-state index contributed by atoms with van der Waals surface area (Å²) in [7, 11) is 0. The summed E-state index contributed by atoms with van der Waals surface area (Å²) < 4.78 is 78.3. The normalized spacial score (nSPS) is 12.4. The third kappa shape index (κ3) is 3.68. The van der Waals surface area contributed by atoms with Crippen LogP contribution in [-0.2, 0) is 12.4 Å². The minimum Gasteiger partial charge on any atom is -0.320 e. The molecule has 1 aromatic carbocycles. The van der Waals surface area contributed by atoms with Crippen LogP contribution in [0.3, 0.4) is 0 Å². The molecule has 2 aromatic heterocycles. The first kappa shape index (κ1) is 19.0. The number of fused-ring (bicyclic) bond motifs is 1. The monoisotopic (exact) mass is 408 g/mol. The molecule has 0 unspecified atom stereocenters. The van der Waals surface area contributed by atoms with Crippen molar-refractivity contribution in [1.82, 2.24) is 14.6 Å². The van der Waals surface area contributed by atoms with Crippen molar-refractivity contribution >= 4 is 28.8 Å². The summed E-state index contributed by atoms with van der Waals surface area (Å²) in [5.41, 5.74) is -4.86. The van der Waals surface area contributed by atoms with Gasteiger partial charge in [0.2, 0.25) is 0 Å². The minimum atomic E-state index is -5.15. The fourth-order valence-electron chi connectivity index (χ4n) is 2.22. The smallest absolute Gasteiger partial charge is 0.320 e. The molecule has 0 saturated carbocycles. The maximum Gasteiger partial charge on any atom is 0.433 e. The van der Waals surface area contributed by atoms with Crippen LogP contribution in [0.5, 0.6) is 0 Å². The average Bonchev–Trinajstić information content (AvgIpc) is 2.98. The molecule has 0 aliphatic rings. The number of alkyl halides is 6. The van der Waals surface area contributed by atoms with E-state index in [-0.39, 0.29) is 21.3 Å². The average molecular weight is 409 g/mol. The lowest BCUT2D eigenvalue weighted by molar-refractivity contribution is -0.148. The molecule has 5 nitrogen and oxygen atoms in total. The van der Waals surface area contributed by atoms with Crippen LogP contribution in [0.15, 0.2) is 36.5 Å². The molecule has 0 radical (unpaired) electrons. The molecule has 1 N–H and O–H groups in total. The van der Waals surface area contributed by atoms with Gasteiger partial charge in [0, 0.05) is 0 Å². The number of hydrogen-bond acceptors (Lipinski definition) is 3. The Bertz CT molecular complexity index is 1030. The highest BCUT2D eigenvalue weighted by Crippen LogP contribution is 2.35. The number of nitrogens with zero attached hydrogens (tertiary/aromatic N) is 3. The predicted octanol–water partition coefficient (Wildman–Crippen LogP) is 4.67. The van der Waals surface area contributed by atoms with Crippen LogP contribution in [0.2, 0.25) is 5.02 Å². The predicted molar refractivity (Wildman–Crippen MR) is 82.4 cm³/mol. The van der Waals surface area contributed by atoms with Gasteiger partial charge in [-0.25, -0.2) is 9.50 Å². The van der Waals surface area contributed by atoms with E-state index < -0.39 is 40.9 Å². The molecule has 1 amide bonds. The number of nitrogens with one attached hydrogen (secondary N) is 1. The van der Waals surface area contributed by atoms with Gasteiger partial charge in [-0.2, -0.15) is 31.4 Å². The number of carbonyl (C=O) groups excluding carboxylic acids is 1. The lowest BCUT2D eigenvalue weighted by Crippen LogP contribution is -2.19. The summed E-state index contributed by atoms with van der Waals surface area (Å²) in [5.74, 6) is -1.02. The van der Waals surface area contributed by atoms with Gasteiger partial charge < -0.3 is 5.32 Å². The second kappa shape index (κ2) is 6.41. The Morgan fingerprint density at radius 1 is 1.07 bits per heavy atom. The number of carbonyl (C=O) groups is 1. The zero-order chi connectivity index (χ0) is 20.0. The van der Waals surface area contributed by atoms with Crippen molar-refractivity contribution in [3.63, 3.8) is 0 Å². The molecule has 27 heavy (non-hydrogen) atoms. The number of para-hydroxylation sites is 1. The van der Waals surface area contributed by atoms with E-state index in [9.17, 15) is 31.1 Å². The summed E-state index contributed by atoms with van der Waals surface area (Å²) in [5, 5.41) is 5.79. The van der Waals surface area contributed by atoms with Gasteiger partial charge in [-0.3, -0.25) is 4.79 Å². The fraction of sp³-hybridized carbons (Fsp3) is 0.133. The number of benzene rings is 1. The molecule has 3 aromatic rings. The maximum atomic E-state index is 13.1. The number of hydrogen-bond donors (Lipinski definition) is 1. The Hall–Kier alpha value is -2.82. The largest absolute Gasteiger partial charge is 0.433 e. The molecule has 0 spiro atoms. The number of anilines is 1. The summed E-state index contributed by atoms with van der Waals surface area (Å²) in [4.78, 5) is 15.5. The summed E-state index contributed by atoms with van der Waals surface area (Å²) >= 11 is 5.87. The van der Waals surface area contributed by atoms with Crippen LogP contribution in [-0.4, -0.2) is 20.5 Å². The van der Waals surface area contributed by atoms with E-state index in [0.717, 1.165) is 0 Å². The Morgan fingerprint density at radius 3 is 2.33 bits per heavy atom. The molecule has 0 aliphatic carbocycles. The van der Waals surface area contributed by atoms with Crippen LogP contribution >= 0.6 is 11.6 Å². The number of amides is 1. The molecule has 12 heteroatoms. The molecule has 0 aliphatic heterocycles. The SMILES string of the molecule is O=C(Nc1ccccc1Cl)c1cnn2c(C(F)(F)F)cc(C(F)(F)F)nc12. The van der Waals surface area contributed by atoms with Gasteiger partial charge in [0.25, 0.3) is 5.91 Å². The van der Waals surface area contributed by atoms with E-state index in [0.29, 0.717) is 6.20 Å². The van der Waals surface area contributed by atoms with Crippen LogP contribution in [0.25, 0.3) is 5.65 Å². The van der Waals surface area contributed by atoms with E-state index in [4.69, 9.17) is 11.6 Å². The molecule has 0 fully saturated rings. The van der Waals surface area contributed by atoms with Gasteiger partial charge in [0.15, 0.2) is 11.3 Å². The first-order valence-corrected chi connectivity index (χ1v) is 7.45. The quantitative estimate of drug-likeness (QED) is 0.627. The van der Waals surface area contributed by atoms with Gasteiger partial charge in [-0.15, -0.1) is 0 Å². The highest BCUT2D eigenvalue weighted by Gasteiger charge is 2.41. The Labute approximate surface area is 151 Å². The van der Waals surface area contributed by atoms with E-state index in [1.807, 2.05) is 0 Å². The standard InChI is InChI=1S/C15H7ClF6N4O/c16-8-3-1-2-4-9(8)24-13(27)7-6-23-26-11(15(20,21)22)5-10(14(17,18)19)25-12(7)26/h1-6H,(H,24,27). The Morgan fingerprint density at radius 2 is 1.74 bits per heavy atom. The van der Waals surface area contributed by atoms with Crippen molar-refractivity contribution in [2.24, 2.45) is 0 Å². The molecule has 2 heterocycles. The summed E-state index contributed by atoms with van der Waals surface area (Å²) in [6.45, 7) is 0. The second-order valence-electron chi connectivity index (χ2n) is 5.25. The van der Waals surface area contributed by atoms with Crippen LogP contribution in [0, 0.1) is 0 Å². The third-order valence-corrected chi connectivity index (χ3v) is 3.75. The van der Waals surface area contributed by atoms with Crippen molar-refractivity contribution in [1.29, 1.82) is 0 Å². The highest BCUT2D eigenvalue weighted by atomic mass is 35.5. The van der Waals surface area contributed by atoms with E-state index >= 15 is 0 Å². The zero-order valence-corrected chi connectivity index (χ0v) is 13.6. The minimum absolute atomic E-state index is 0.117. The van der Waals surface area contributed by atoms with Crippen molar-refractivity contribution < 1.29 is 31.1 Å². The highest BCUT2D eigenvalue weighted by molar-refractivity contribution is 6.34. The topological polar surface area (TPSA) is 59.3 Å². The van der Waals surface area contributed by atoms with Crippen LogP contribution in [0.1, 0.15) is 21.7 Å². The second-order valence-corrected chi connectivity index (χ2v) is 5.66. The van der Waals surface area contributed by atoms with Crippen molar-refractivity contribution in [2.75, 3.05) is 5.32 Å².